The Morgan fingerprint density at radius 1 is 1.35 bits per heavy atom. The summed E-state index contributed by atoms with van der Waals surface area (Å²) in [7, 11) is 1.77. The van der Waals surface area contributed by atoms with Crippen LogP contribution in [0.5, 0.6) is 0 Å². The van der Waals surface area contributed by atoms with E-state index in [1.54, 1.807) is 7.11 Å². The number of hydrogen-bond acceptors (Lipinski definition) is 4. The van der Waals surface area contributed by atoms with Crippen molar-refractivity contribution in [3.63, 3.8) is 0 Å². The SMILES string of the molecule is COCC(CN)(C(C)C)N1CC2CCC(C1)O2. The van der Waals surface area contributed by atoms with Crippen LogP contribution < -0.4 is 5.73 Å². The minimum absolute atomic E-state index is 0.0284. The second-order valence-electron chi connectivity index (χ2n) is 5.76. The van der Waals surface area contributed by atoms with E-state index in [1.807, 2.05) is 0 Å². The van der Waals surface area contributed by atoms with Crippen molar-refractivity contribution in [3.05, 3.63) is 0 Å². The molecule has 0 aliphatic carbocycles. The highest BCUT2D eigenvalue weighted by molar-refractivity contribution is 4.99. The summed E-state index contributed by atoms with van der Waals surface area (Å²) in [5.74, 6) is 0.491. The number of methoxy groups -OCH3 is 1. The molecule has 2 bridgehead atoms. The van der Waals surface area contributed by atoms with Crippen molar-refractivity contribution in [1.29, 1.82) is 0 Å². The maximum absolute atomic E-state index is 6.07. The zero-order valence-electron chi connectivity index (χ0n) is 11.3. The Hall–Kier alpha value is -0.160. The molecule has 0 spiro atoms. The molecule has 4 heteroatoms. The summed E-state index contributed by atoms with van der Waals surface area (Å²) < 4.78 is 11.3. The quantitative estimate of drug-likeness (QED) is 0.776. The minimum Gasteiger partial charge on any atom is -0.383 e. The fourth-order valence-corrected chi connectivity index (χ4v) is 3.28. The highest BCUT2D eigenvalue weighted by Gasteiger charge is 2.45. The van der Waals surface area contributed by atoms with Gasteiger partial charge in [0.15, 0.2) is 0 Å². The van der Waals surface area contributed by atoms with Crippen LogP contribution in [-0.2, 0) is 9.47 Å². The fourth-order valence-electron chi connectivity index (χ4n) is 3.28. The fraction of sp³-hybridized carbons (Fsp3) is 1.00. The molecule has 3 unspecified atom stereocenters. The molecular formula is C13H26N2O2. The van der Waals surface area contributed by atoms with Crippen LogP contribution in [0.25, 0.3) is 0 Å². The Balaban J connectivity index is 2.14. The van der Waals surface area contributed by atoms with Crippen LogP contribution in [0.4, 0.5) is 0 Å². The molecule has 0 radical (unpaired) electrons. The van der Waals surface area contributed by atoms with Crippen LogP contribution in [0.1, 0.15) is 26.7 Å². The van der Waals surface area contributed by atoms with Crippen LogP contribution >= 0.6 is 0 Å². The Labute approximate surface area is 104 Å². The molecule has 2 rings (SSSR count). The van der Waals surface area contributed by atoms with E-state index in [1.165, 1.54) is 12.8 Å². The molecule has 17 heavy (non-hydrogen) atoms. The van der Waals surface area contributed by atoms with Gasteiger partial charge in [-0.3, -0.25) is 4.90 Å². The van der Waals surface area contributed by atoms with E-state index in [0.29, 0.717) is 31.3 Å². The summed E-state index contributed by atoms with van der Waals surface area (Å²) in [5, 5.41) is 0. The molecule has 0 aromatic rings. The predicted octanol–water partition coefficient (Wildman–Crippen LogP) is 0.850. The number of nitrogens with zero attached hydrogens (tertiary/aromatic N) is 1. The van der Waals surface area contributed by atoms with Crippen LogP contribution in [0, 0.1) is 5.92 Å². The van der Waals surface area contributed by atoms with E-state index in [9.17, 15) is 0 Å². The average Bonchev–Trinajstić information content (AvgIpc) is 2.64. The van der Waals surface area contributed by atoms with Crippen LogP contribution in [0.15, 0.2) is 0 Å². The molecule has 0 aromatic carbocycles. The van der Waals surface area contributed by atoms with Crippen LogP contribution in [-0.4, -0.2) is 56.0 Å². The monoisotopic (exact) mass is 242 g/mol. The lowest BCUT2D eigenvalue weighted by Gasteiger charge is -2.49. The highest BCUT2D eigenvalue weighted by atomic mass is 16.5. The normalized spacial score (nSPS) is 33.0. The molecule has 2 aliphatic heterocycles. The topological polar surface area (TPSA) is 47.7 Å². The molecular weight excluding hydrogens is 216 g/mol. The van der Waals surface area contributed by atoms with Gasteiger partial charge in [-0.15, -0.1) is 0 Å². The van der Waals surface area contributed by atoms with Crippen molar-refractivity contribution in [2.75, 3.05) is 33.4 Å². The van der Waals surface area contributed by atoms with Gasteiger partial charge in [-0.25, -0.2) is 0 Å². The Morgan fingerprint density at radius 2 is 1.94 bits per heavy atom. The Kier molecular flexibility index (Phi) is 4.08. The number of nitrogens with two attached hydrogens (primary N) is 1. The van der Waals surface area contributed by atoms with E-state index < -0.39 is 0 Å². The third kappa shape index (κ3) is 2.36. The Bertz CT molecular complexity index is 248. The average molecular weight is 242 g/mol. The van der Waals surface area contributed by atoms with Gasteiger partial charge in [-0.05, 0) is 18.8 Å². The van der Waals surface area contributed by atoms with Crippen molar-refractivity contribution in [2.45, 2.75) is 44.4 Å². The van der Waals surface area contributed by atoms with Crippen molar-refractivity contribution < 1.29 is 9.47 Å². The largest absolute Gasteiger partial charge is 0.383 e. The van der Waals surface area contributed by atoms with Crippen LogP contribution in [0.3, 0.4) is 0 Å². The predicted molar refractivity (Wildman–Crippen MR) is 68.0 cm³/mol. The molecule has 2 aliphatic rings. The number of likely N-dealkylation sites (tertiary alicyclic amines) is 1. The summed E-state index contributed by atoms with van der Waals surface area (Å²) >= 11 is 0. The number of ether oxygens (including phenoxy) is 2. The Morgan fingerprint density at radius 3 is 2.35 bits per heavy atom. The van der Waals surface area contributed by atoms with E-state index in [2.05, 4.69) is 18.7 Å². The molecule has 100 valence electrons. The number of morpholine rings is 1. The first-order valence-electron chi connectivity index (χ1n) is 6.72. The second kappa shape index (κ2) is 5.22. The van der Waals surface area contributed by atoms with Gasteiger partial charge in [0.2, 0.25) is 0 Å². The van der Waals surface area contributed by atoms with E-state index in [-0.39, 0.29) is 5.54 Å². The first kappa shape index (κ1) is 13.3. The lowest BCUT2D eigenvalue weighted by molar-refractivity contribution is -0.106. The van der Waals surface area contributed by atoms with Gasteiger partial charge in [0.1, 0.15) is 0 Å². The molecule has 0 amide bonds. The van der Waals surface area contributed by atoms with Crippen molar-refractivity contribution in [2.24, 2.45) is 11.7 Å². The molecule has 2 N–H and O–H groups in total. The van der Waals surface area contributed by atoms with Crippen molar-refractivity contribution in [1.82, 2.24) is 4.90 Å². The van der Waals surface area contributed by atoms with Gasteiger partial charge < -0.3 is 15.2 Å². The highest BCUT2D eigenvalue weighted by Crippen LogP contribution is 2.33. The number of fused-ring (bicyclic) bond motifs is 2. The molecule has 2 fully saturated rings. The lowest BCUT2D eigenvalue weighted by Crippen LogP contribution is -2.64. The summed E-state index contributed by atoms with van der Waals surface area (Å²) in [6, 6.07) is 0. The second-order valence-corrected chi connectivity index (χ2v) is 5.76. The van der Waals surface area contributed by atoms with E-state index >= 15 is 0 Å². The number of rotatable bonds is 5. The first-order chi connectivity index (χ1) is 8.12. The molecule has 3 atom stereocenters. The maximum atomic E-state index is 6.07. The molecule has 0 saturated carbocycles. The van der Waals surface area contributed by atoms with Gasteiger partial charge >= 0.3 is 0 Å². The summed E-state index contributed by atoms with van der Waals surface area (Å²) in [4.78, 5) is 2.52. The van der Waals surface area contributed by atoms with Gasteiger partial charge in [-0.2, -0.15) is 0 Å². The zero-order valence-corrected chi connectivity index (χ0v) is 11.3. The standard InChI is InChI=1S/C13H26N2O2/c1-10(2)13(8-14,9-16-3)15-6-11-4-5-12(7-15)17-11/h10-12H,4-9,14H2,1-3H3. The molecule has 0 aromatic heterocycles. The third-order valence-corrected chi connectivity index (χ3v) is 4.50. The molecule has 2 saturated heterocycles. The van der Waals surface area contributed by atoms with E-state index in [0.717, 1.165) is 13.1 Å². The molecule has 2 heterocycles. The van der Waals surface area contributed by atoms with Crippen molar-refractivity contribution in [3.8, 4) is 0 Å². The van der Waals surface area contributed by atoms with Gasteiger partial charge in [0.25, 0.3) is 0 Å². The van der Waals surface area contributed by atoms with E-state index in [4.69, 9.17) is 15.2 Å². The minimum atomic E-state index is -0.0284. The maximum Gasteiger partial charge on any atom is 0.0707 e. The van der Waals surface area contributed by atoms with Crippen LogP contribution in [0.2, 0.25) is 0 Å². The first-order valence-corrected chi connectivity index (χ1v) is 6.72. The summed E-state index contributed by atoms with van der Waals surface area (Å²) in [5.41, 5.74) is 6.05. The zero-order chi connectivity index (χ0) is 12.5. The lowest BCUT2D eigenvalue weighted by atomic mass is 9.84. The van der Waals surface area contributed by atoms with Gasteiger partial charge in [0.05, 0.1) is 24.4 Å². The summed E-state index contributed by atoms with van der Waals surface area (Å²) in [6.45, 7) is 7.86. The third-order valence-electron chi connectivity index (χ3n) is 4.50. The summed E-state index contributed by atoms with van der Waals surface area (Å²) in [6.07, 6.45) is 3.23. The van der Waals surface area contributed by atoms with Gasteiger partial charge in [-0.1, -0.05) is 13.8 Å². The van der Waals surface area contributed by atoms with Gasteiger partial charge in [0, 0.05) is 26.7 Å². The smallest absolute Gasteiger partial charge is 0.0707 e. The van der Waals surface area contributed by atoms with Crippen molar-refractivity contribution >= 4 is 0 Å². The number of hydrogen-bond donors (Lipinski definition) is 1. The molecule has 4 nitrogen and oxygen atoms in total.